The molecule has 1 amide bonds. The highest BCUT2D eigenvalue weighted by atomic mass is 32.1. The van der Waals surface area contributed by atoms with Gasteiger partial charge < -0.3 is 19.1 Å². The van der Waals surface area contributed by atoms with Crippen LogP contribution < -0.4 is 14.2 Å². The number of carbonyl (C=O) groups is 1. The van der Waals surface area contributed by atoms with Crippen LogP contribution in [0.1, 0.15) is 33.8 Å². The predicted molar refractivity (Wildman–Crippen MR) is 126 cm³/mol. The minimum absolute atomic E-state index is 0.0668. The molecule has 0 bridgehead atoms. The summed E-state index contributed by atoms with van der Waals surface area (Å²) in [6.45, 7) is 2.68. The SMILES string of the molecule is COc1cccc(CC2CCCN2C(=O)c2sc(-c3ccc(OC)c(OC)c3)nc2C)c1. The van der Waals surface area contributed by atoms with Gasteiger partial charge >= 0.3 is 0 Å². The number of aryl methyl sites for hydroxylation is 1. The van der Waals surface area contributed by atoms with Crippen molar-refractivity contribution in [1.29, 1.82) is 0 Å². The van der Waals surface area contributed by atoms with Crippen LogP contribution in [0.5, 0.6) is 17.2 Å². The van der Waals surface area contributed by atoms with Crippen molar-refractivity contribution in [2.24, 2.45) is 0 Å². The average molecular weight is 453 g/mol. The number of hydrogen-bond donors (Lipinski definition) is 0. The second-order valence-corrected chi connectivity index (χ2v) is 8.85. The van der Waals surface area contributed by atoms with Crippen LogP contribution in [0.3, 0.4) is 0 Å². The maximum atomic E-state index is 13.5. The van der Waals surface area contributed by atoms with Gasteiger partial charge in [0.05, 0.1) is 27.0 Å². The minimum atomic E-state index is 0.0668. The van der Waals surface area contributed by atoms with Crippen LogP contribution in [0, 0.1) is 6.92 Å². The zero-order chi connectivity index (χ0) is 22.7. The summed E-state index contributed by atoms with van der Waals surface area (Å²) < 4.78 is 16.1. The molecule has 1 aliphatic rings. The number of nitrogens with zero attached hydrogens (tertiary/aromatic N) is 2. The Balaban J connectivity index is 1.56. The van der Waals surface area contributed by atoms with Gasteiger partial charge in [0.25, 0.3) is 5.91 Å². The summed E-state index contributed by atoms with van der Waals surface area (Å²) in [6.07, 6.45) is 2.84. The Kier molecular flexibility index (Phi) is 6.65. The molecule has 0 N–H and O–H groups in total. The Hall–Kier alpha value is -3.06. The zero-order valence-corrected chi connectivity index (χ0v) is 19.7. The number of aromatic nitrogens is 1. The van der Waals surface area contributed by atoms with Crippen LogP contribution in [0.4, 0.5) is 0 Å². The first-order valence-corrected chi connectivity index (χ1v) is 11.5. The van der Waals surface area contributed by atoms with Crippen LogP contribution in [0.2, 0.25) is 0 Å². The Labute approximate surface area is 192 Å². The third kappa shape index (κ3) is 4.43. The molecule has 0 radical (unpaired) electrons. The summed E-state index contributed by atoms with van der Waals surface area (Å²) in [5.74, 6) is 2.22. The van der Waals surface area contributed by atoms with Crippen LogP contribution in [-0.2, 0) is 6.42 Å². The molecule has 6 nitrogen and oxygen atoms in total. The molecular formula is C25H28N2O4S. The molecule has 7 heteroatoms. The molecule has 3 aromatic rings. The lowest BCUT2D eigenvalue weighted by Crippen LogP contribution is -2.36. The van der Waals surface area contributed by atoms with E-state index in [9.17, 15) is 4.79 Å². The van der Waals surface area contributed by atoms with Crippen LogP contribution in [0.25, 0.3) is 10.6 Å². The van der Waals surface area contributed by atoms with E-state index in [-0.39, 0.29) is 11.9 Å². The van der Waals surface area contributed by atoms with Gasteiger partial charge in [-0.05, 0) is 62.1 Å². The smallest absolute Gasteiger partial charge is 0.266 e. The van der Waals surface area contributed by atoms with E-state index >= 15 is 0 Å². The highest BCUT2D eigenvalue weighted by molar-refractivity contribution is 7.17. The van der Waals surface area contributed by atoms with Gasteiger partial charge in [-0.1, -0.05) is 12.1 Å². The number of benzene rings is 2. The fourth-order valence-corrected chi connectivity index (χ4v) is 5.22. The number of rotatable bonds is 7. The summed E-state index contributed by atoms with van der Waals surface area (Å²) in [4.78, 5) is 20.9. The van der Waals surface area contributed by atoms with Crippen LogP contribution in [0.15, 0.2) is 42.5 Å². The molecule has 168 valence electrons. The zero-order valence-electron chi connectivity index (χ0n) is 18.9. The predicted octanol–water partition coefficient (Wildman–Crippen LogP) is 4.99. The molecule has 0 saturated carbocycles. The molecule has 32 heavy (non-hydrogen) atoms. The monoisotopic (exact) mass is 452 g/mol. The van der Waals surface area contributed by atoms with Gasteiger partial charge in [-0.25, -0.2) is 4.98 Å². The molecule has 1 aliphatic heterocycles. The number of ether oxygens (including phenoxy) is 3. The third-order valence-corrected chi connectivity index (χ3v) is 7.06. The standard InChI is InChI=1S/C25H28N2O4S/c1-16-23(32-24(26-16)18-10-11-21(30-3)22(15-18)31-4)25(28)27-12-6-8-19(27)13-17-7-5-9-20(14-17)29-2/h5,7,9-11,14-15,19H,6,8,12-13H2,1-4H3. The summed E-state index contributed by atoms with van der Waals surface area (Å²) in [5.41, 5.74) is 2.85. The van der Waals surface area contributed by atoms with Crippen molar-refractivity contribution in [3.05, 3.63) is 58.6 Å². The van der Waals surface area contributed by atoms with Crippen molar-refractivity contribution < 1.29 is 19.0 Å². The van der Waals surface area contributed by atoms with E-state index in [1.807, 2.05) is 48.2 Å². The van der Waals surface area contributed by atoms with Crippen molar-refractivity contribution in [1.82, 2.24) is 9.88 Å². The largest absolute Gasteiger partial charge is 0.497 e. The molecule has 1 saturated heterocycles. The summed E-state index contributed by atoms with van der Waals surface area (Å²) in [6, 6.07) is 14.0. The first kappa shape index (κ1) is 22.1. The van der Waals surface area contributed by atoms with E-state index in [0.29, 0.717) is 16.4 Å². The molecule has 1 fully saturated rings. The van der Waals surface area contributed by atoms with E-state index in [4.69, 9.17) is 19.2 Å². The number of amides is 1. The van der Waals surface area contributed by atoms with Crippen LogP contribution >= 0.6 is 11.3 Å². The average Bonchev–Trinajstić information content (AvgIpc) is 3.44. The van der Waals surface area contributed by atoms with Gasteiger partial charge in [-0.3, -0.25) is 4.79 Å². The van der Waals surface area contributed by atoms with Gasteiger partial charge in [0, 0.05) is 18.2 Å². The van der Waals surface area contributed by atoms with Gasteiger partial charge in [-0.2, -0.15) is 0 Å². The second kappa shape index (κ2) is 9.61. The first-order valence-electron chi connectivity index (χ1n) is 10.7. The van der Waals surface area contributed by atoms with E-state index < -0.39 is 0 Å². The fourth-order valence-electron chi connectivity index (χ4n) is 4.20. The molecule has 0 spiro atoms. The second-order valence-electron chi connectivity index (χ2n) is 7.85. The normalized spacial score (nSPS) is 15.6. The van der Waals surface area contributed by atoms with Crippen molar-refractivity contribution in [3.8, 4) is 27.8 Å². The molecule has 2 aromatic carbocycles. The Morgan fingerprint density at radius 2 is 1.91 bits per heavy atom. The van der Waals surface area contributed by atoms with Gasteiger partial charge in [-0.15, -0.1) is 11.3 Å². The van der Waals surface area contributed by atoms with Crippen molar-refractivity contribution in [2.45, 2.75) is 32.2 Å². The quantitative estimate of drug-likeness (QED) is 0.505. The Morgan fingerprint density at radius 1 is 1.09 bits per heavy atom. The lowest BCUT2D eigenvalue weighted by molar-refractivity contribution is 0.0740. The number of thiazole rings is 1. The van der Waals surface area contributed by atoms with Gasteiger partial charge in [0.2, 0.25) is 0 Å². The first-order chi connectivity index (χ1) is 15.5. The van der Waals surface area contributed by atoms with Crippen molar-refractivity contribution >= 4 is 17.2 Å². The van der Waals surface area contributed by atoms with E-state index in [1.54, 1.807) is 21.3 Å². The maximum Gasteiger partial charge on any atom is 0.266 e. The number of hydrogen-bond acceptors (Lipinski definition) is 6. The van der Waals surface area contributed by atoms with Gasteiger partial charge in [0.15, 0.2) is 11.5 Å². The number of methoxy groups -OCH3 is 3. The lowest BCUT2D eigenvalue weighted by Gasteiger charge is -2.24. The molecule has 1 unspecified atom stereocenters. The summed E-state index contributed by atoms with van der Waals surface area (Å²) >= 11 is 1.44. The molecule has 1 aromatic heterocycles. The Morgan fingerprint density at radius 3 is 2.66 bits per heavy atom. The lowest BCUT2D eigenvalue weighted by atomic mass is 10.0. The summed E-state index contributed by atoms with van der Waals surface area (Å²) in [5, 5.41) is 0.801. The van der Waals surface area contributed by atoms with Crippen molar-refractivity contribution in [3.63, 3.8) is 0 Å². The Bertz CT molecular complexity index is 1110. The number of carbonyl (C=O) groups excluding carboxylic acids is 1. The van der Waals surface area contributed by atoms with Gasteiger partial charge in [0.1, 0.15) is 15.6 Å². The fraction of sp³-hybridized carbons (Fsp3) is 0.360. The third-order valence-electron chi connectivity index (χ3n) is 5.86. The highest BCUT2D eigenvalue weighted by Crippen LogP contribution is 2.36. The summed E-state index contributed by atoms with van der Waals surface area (Å²) in [7, 11) is 4.90. The van der Waals surface area contributed by atoms with E-state index in [0.717, 1.165) is 47.8 Å². The van der Waals surface area contributed by atoms with Crippen molar-refractivity contribution in [2.75, 3.05) is 27.9 Å². The maximum absolute atomic E-state index is 13.5. The highest BCUT2D eigenvalue weighted by Gasteiger charge is 2.32. The van der Waals surface area contributed by atoms with Crippen LogP contribution in [-0.4, -0.2) is 49.7 Å². The van der Waals surface area contributed by atoms with E-state index in [1.165, 1.54) is 16.9 Å². The topological polar surface area (TPSA) is 60.9 Å². The molecule has 4 rings (SSSR count). The van der Waals surface area contributed by atoms with E-state index in [2.05, 4.69) is 6.07 Å². The molecule has 0 aliphatic carbocycles. The number of likely N-dealkylation sites (tertiary alicyclic amines) is 1. The molecular weight excluding hydrogens is 424 g/mol. The molecule has 2 heterocycles. The molecule has 1 atom stereocenters. The minimum Gasteiger partial charge on any atom is -0.497 e.